The standard InChI is InChI=1S/C14H19NO5S/c1-4-9(2)13(14(17)18)15-21(19,20)12-7-5-11(6-8-12)10(3)16/h5-9,13,15H,4H2,1-3H3,(H,17,18)/t9-,13-/m0/s1. The summed E-state index contributed by atoms with van der Waals surface area (Å²) in [4.78, 5) is 22.3. The molecular formula is C14H19NO5S. The highest BCUT2D eigenvalue weighted by atomic mass is 32.2. The molecule has 0 bridgehead atoms. The van der Waals surface area contributed by atoms with Crippen LogP contribution < -0.4 is 4.72 Å². The summed E-state index contributed by atoms with van der Waals surface area (Å²) in [5.41, 5.74) is 0.394. The molecule has 2 atom stereocenters. The van der Waals surface area contributed by atoms with Gasteiger partial charge < -0.3 is 5.11 Å². The van der Waals surface area contributed by atoms with E-state index in [1.165, 1.54) is 31.2 Å². The van der Waals surface area contributed by atoms with Gasteiger partial charge in [-0.2, -0.15) is 4.72 Å². The lowest BCUT2D eigenvalue weighted by Gasteiger charge is -2.20. The van der Waals surface area contributed by atoms with E-state index in [0.29, 0.717) is 12.0 Å². The summed E-state index contributed by atoms with van der Waals surface area (Å²) in [7, 11) is -3.94. The van der Waals surface area contributed by atoms with Crippen molar-refractivity contribution < 1.29 is 23.1 Å². The fourth-order valence-electron chi connectivity index (χ4n) is 1.75. The lowest BCUT2D eigenvalue weighted by molar-refractivity contribution is -0.140. The Hall–Kier alpha value is -1.73. The molecule has 0 aromatic heterocycles. The summed E-state index contributed by atoms with van der Waals surface area (Å²) >= 11 is 0. The van der Waals surface area contributed by atoms with E-state index >= 15 is 0 Å². The van der Waals surface area contributed by atoms with Crippen molar-refractivity contribution in [2.45, 2.75) is 38.1 Å². The molecule has 21 heavy (non-hydrogen) atoms. The number of carbonyl (C=O) groups excluding carboxylic acids is 1. The van der Waals surface area contributed by atoms with Crippen LogP contribution >= 0.6 is 0 Å². The minimum Gasteiger partial charge on any atom is -0.480 e. The Morgan fingerprint density at radius 1 is 1.24 bits per heavy atom. The molecule has 0 radical (unpaired) electrons. The zero-order chi connectivity index (χ0) is 16.2. The number of hydrogen-bond acceptors (Lipinski definition) is 4. The fraction of sp³-hybridized carbons (Fsp3) is 0.429. The lowest BCUT2D eigenvalue weighted by atomic mass is 10.0. The molecule has 0 amide bonds. The summed E-state index contributed by atoms with van der Waals surface area (Å²) in [5.74, 6) is -1.73. The zero-order valence-corrected chi connectivity index (χ0v) is 13.0. The predicted octanol–water partition coefficient (Wildman–Crippen LogP) is 1.67. The summed E-state index contributed by atoms with van der Waals surface area (Å²) in [6.45, 7) is 4.84. The molecule has 1 aromatic rings. The molecule has 0 saturated heterocycles. The van der Waals surface area contributed by atoms with E-state index in [-0.39, 0.29) is 16.6 Å². The van der Waals surface area contributed by atoms with E-state index < -0.39 is 22.0 Å². The molecule has 0 saturated carbocycles. The van der Waals surface area contributed by atoms with Gasteiger partial charge in [0.05, 0.1) is 4.90 Å². The first-order valence-electron chi connectivity index (χ1n) is 6.55. The van der Waals surface area contributed by atoms with Gasteiger partial charge in [0.25, 0.3) is 0 Å². The van der Waals surface area contributed by atoms with Gasteiger partial charge in [0, 0.05) is 5.56 Å². The van der Waals surface area contributed by atoms with Gasteiger partial charge in [-0.1, -0.05) is 32.4 Å². The molecular weight excluding hydrogens is 294 g/mol. The first kappa shape index (κ1) is 17.3. The normalized spacial score (nSPS) is 14.4. The van der Waals surface area contributed by atoms with Crippen molar-refractivity contribution in [1.82, 2.24) is 4.72 Å². The van der Waals surface area contributed by atoms with Gasteiger partial charge >= 0.3 is 5.97 Å². The highest BCUT2D eigenvalue weighted by molar-refractivity contribution is 7.89. The summed E-state index contributed by atoms with van der Waals surface area (Å²) in [5, 5.41) is 9.13. The quantitative estimate of drug-likeness (QED) is 0.746. The highest BCUT2D eigenvalue weighted by Crippen LogP contribution is 2.15. The number of Topliss-reactive ketones (excluding diaryl/α,β-unsaturated/α-hetero) is 1. The second kappa shape index (κ2) is 6.82. The Balaban J connectivity index is 3.04. The molecule has 1 aromatic carbocycles. The molecule has 6 nitrogen and oxygen atoms in total. The van der Waals surface area contributed by atoms with Crippen molar-refractivity contribution in [2.75, 3.05) is 0 Å². The third-order valence-corrected chi connectivity index (χ3v) is 4.79. The maximum Gasteiger partial charge on any atom is 0.322 e. The van der Waals surface area contributed by atoms with Crippen LogP contribution in [0.15, 0.2) is 29.2 Å². The van der Waals surface area contributed by atoms with Crippen molar-refractivity contribution in [1.29, 1.82) is 0 Å². The average Bonchev–Trinajstić information content (AvgIpc) is 2.43. The van der Waals surface area contributed by atoms with Gasteiger partial charge in [-0.05, 0) is 25.0 Å². The van der Waals surface area contributed by atoms with E-state index in [1.54, 1.807) is 13.8 Å². The first-order valence-corrected chi connectivity index (χ1v) is 8.03. The third-order valence-electron chi connectivity index (χ3n) is 3.33. The van der Waals surface area contributed by atoms with Crippen LogP contribution in [0.5, 0.6) is 0 Å². The third kappa shape index (κ3) is 4.37. The van der Waals surface area contributed by atoms with E-state index in [0.717, 1.165) is 0 Å². The van der Waals surface area contributed by atoms with Crippen LogP contribution in [0, 0.1) is 5.92 Å². The Morgan fingerprint density at radius 3 is 2.14 bits per heavy atom. The molecule has 0 aliphatic rings. The van der Waals surface area contributed by atoms with Gasteiger partial charge in [0.15, 0.2) is 5.78 Å². The van der Waals surface area contributed by atoms with E-state index in [1.807, 2.05) is 0 Å². The molecule has 116 valence electrons. The number of nitrogens with one attached hydrogen (secondary N) is 1. The molecule has 0 spiro atoms. The lowest BCUT2D eigenvalue weighted by Crippen LogP contribution is -2.44. The van der Waals surface area contributed by atoms with Gasteiger partial charge in [-0.15, -0.1) is 0 Å². The molecule has 0 fully saturated rings. The van der Waals surface area contributed by atoms with Gasteiger partial charge in [0.1, 0.15) is 6.04 Å². The molecule has 2 N–H and O–H groups in total. The minimum absolute atomic E-state index is 0.0675. The van der Waals surface area contributed by atoms with Crippen molar-refractivity contribution in [3.63, 3.8) is 0 Å². The number of hydrogen-bond donors (Lipinski definition) is 2. The Labute approximate surface area is 124 Å². The zero-order valence-electron chi connectivity index (χ0n) is 12.2. The van der Waals surface area contributed by atoms with E-state index in [9.17, 15) is 18.0 Å². The molecule has 0 unspecified atom stereocenters. The Morgan fingerprint density at radius 2 is 1.76 bits per heavy atom. The molecule has 7 heteroatoms. The number of aliphatic carboxylic acids is 1. The van der Waals surface area contributed by atoms with Crippen LogP contribution in [0.3, 0.4) is 0 Å². The largest absolute Gasteiger partial charge is 0.480 e. The maximum absolute atomic E-state index is 12.2. The maximum atomic E-state index is 12.2. The number of ketones is 1. The molecule has 0 heterocycles. The van der Waals surface area contributed by atoms with Crippen LogP contribution in [-0.2, 0) is 14.8 Å². The predicted molar refractivity (Wildman–Crippen MR) is 77.6 cm³/mol. The number of rotatable bonds is 7. The van der Waals surface area contributed by atoms with Crippen molar-refractivity contribution in [2.24, 2.45) is 5.92 Å². The molecule has 1 rings (SSSR count). The van der Waals surface area contributed by atoms with E-state index in [2.05, 4.69) is 4.72 Å². The SMILES string of the molecule is CC[C@H](C)[C@H](NS(=O)(=O)c1ccc(C(C)=O)cc1)C(=O)O. The molecule has 0 aliphatic carbocycles. The van der Waals surface area contributed by atoms with Crippen LogP contribution in [0.2, 0.25) is 0 Å². The monoisotopic (exact) mass is 313 g/mol. The smallest absolute Gasteiger partial charge is 0.322 e. The van der Waals surface area contributed by atoms with Crippen molar-refractivity contribution >= 4 is 21.8 Å². The molecule has 0 aliphatic heterocycles. The summed E-state index contributed by atoms with van der Waals surface area (Å²) in [6, 6.07) is 4.18. The first-order chi connectivity index (χ1) is 9.69. The average molecular weight is 313 g/mol. The number of carbonyl (C=O) groups is 2. The van der Waals surface area contributed by atoms with Crippen LogP contribution in [-0.4, -0.2) is 31.3 Å². The number of carboxylic acid groups (broad SMARTS) is 1. The second-order valence-corrected chi connectivity index (χ2v) is 6.62. The number of sulfonamides is 1. The van der Waals surface area contributed by atoms with Crippen LogP contribution in [0.25, 0.3) is 0 Å². The van der Waals surface area contributed by atoms with E-state index in [4.69, 9.17) is 5.11 Å². The van der Waals surface area contributed by atoms with Gasteiger partial charge in [0.2, 0.25) is 10.0 Å². The van der Waals surface area contributed by atoms with Gasteiger partial charge in [-0.3, -0.25) is 9.59 Å². The Kier molecular flexibility index (Phi) is 5.62. The van der Waals surface area contributed by atoms with Crippen molar-refractivity contribution in [3.8, 4) is 0 Å². The van der Waals surface area contributed by atoms with Crippen LogP contribution in [0.4, 0.5) is 0 Å². The fourth-order valence-corrected chi connectivity index (χ4v) is 3.05. The second-order valence-electron chi connectivity index (χ2n) is 4.90. The minimum atomic E-state index is -3.94. The topological polar surface area (TPSA) is 101 Å². The highest BCUT2D eigenvalue weighted by Gasteiger charge is 2.29. The van der Waals surface area contributed by atoms with Crippen molar-refractivity contribution in [3.05, 3.63) is 29.8 Å². The number of carboxylic acids is 1. The summed E-state index contributed by atoms with van der Waals surface area (Å²) in [6.07, 6.45) is 0.531. The van der Waals surface area contributed by atoms with Gasteiger partial charge in [-0.25, -0.2) is 8.42 Å². The number of benzene rings is 1. The van der Waals surface area contributed by atoms with Crippen LogP contribution in [0.1, 0.15) is 37.6 Å². The Bertz CT molecular complexity index is 621. The summed E-state index contributed by atoms with van der Waals surface area (Å²) < 4.78 is 26.6.